The fourth-order valence-electron chi connectivity index (χ4n) is 3.48. The number of aromatic nitrogens is 2. The van der Waals surface area contributed by atoms with Gasteiger partial charge < -0.3 is 10.1 Å². The van der Waals surface area contributed by atoms with Gasteiger partial charge in [0.1, 0.15) is 0 Å². The second-order valence-electron chi connectivity index (χ2n) is 6.14. The normalized spacial score (nSPS) is 12.8. The summed E-state index contributed by atoms with van der Waals surface area (Å²) in [5, 5.41) is 3.94. The molecular formula is C20H19N3O2. The van der Waals surface area contributed by atoms with E-state index in [4.69, 9.17) is 9.72 Å². The van der Waals surface area contributed by atoms with Gasteiger partial charge in [-0.3, -0.25) is 9.78 Å². The summed E-state index contributed by atoms with van der Waals surface area (Å²) in [7, 11) is 1.58. The minimum absolute atomic E-state index is 0.0670. The highest BCUT2D eigenvalue weighted by Crippen LogP contribution is 2.30. The van der Waals surface area contributed by atoms with Gasteiger partial charge in [-0.2, -0.15) is 0 Å². The number of methoxy groups -OCH3 is 1. The lowest BCUT2D eigenvalue weighted by atomic mass is 10.0. The van der Waals surface area contributed by atoms with Crippen LogP contribution >= 0.6 is 0 Å². The molecular weight excluding hydrogens is 314 g/mol. The number of nitrogens with zero attached hydrogens (tertiary/aromatic N) is 2. The van der Waals surface area contributed by atoms with Crippen LogP contribution in [0.25, 0.3) is 10.9 Å². The van der Waals surface area contributed by atoms with Crippen LogP contribution in [0.4, 0.5) is 0 Å². The third kappa shape index (κ3) is 2.82. The Bertz CT molecular complexity index is 953. The number of pyridine rings is 2. The van der Waals surface area contributed by atoms with Crippen molar-refractivity contribution in [3.63, 3.8) is 0 Å². The van der Waals surface area contributed by atoms with Crippen LogP contribution in [0.15, 0.2) is 42.6 Å². The van der Waals surface area contributed by atoms with Crippen LogP contribution in [-0.4, -0.2) is 23.0 Å². The van der Waals surface area contributed by atoms with Crippen LogP contribution < -0.4 is 10.1 Å². The van der Waals surface area contributed by atoms with E-state index in [1.165, 1.54) is 0 Å². The first-order valence-corrected chi connectivity index (χ1v) is 8.44. The molecule has 25 heavy (non-hydrogen) atoms. The zero-order chi connectivity index (χ0) is 17.2. The Labute approximate surface area is 146 Å². The fourth-order valence-corrected chi connectivity index (χ4v) is 3.48. The Morgan fingerprint density at radius 3 is 2.96 bits per heavy atom. The Morgan fingerprint density at radius 1 is 1.20 bits per heavy atom. The first-order chi connectivity index (χ1) is 12.3. The van der Waals surface area contributed by atoms with E-state index in [-0.39, 0.29) is 5.91 Å². The standard InChI is InChI=1S/C20H19N3O2/c1-25-20-13(6-5-11-21-20)12-22-19(24)18-14-7-2-3-9-16(14)23-17-10-4-8-15(17)18/h2-3,5-7,9,11H,4,8,10,12H2,1H3,(H,22,24). The average molecular weight is 333 g/mol. The van der Waals surface area contributed by atoms with Crippen LogP contribution in [0.3, 0.4) is 0 Å². The Kier molecular flexibility index (Phi) is 4.06. The molecule has 0 aliphatic heterocycles. The average Bonchev–Trinajstić information content (AvgIpc) is 3.12. The molecule has 0 saturated heterocycles. The van der Waals surface area contributed by atoms with Crippen molar-refractivity contribution >= 4 is 16.8 Å². The smallest absolute Gasteiger partial charge is 0.252 e. The Hall–Kier alpha value is -2.95. The van der Waals surface area contributed by atoms with Crippen LogP contribution in [0, 0.1) is 0 Å². The Balaban J connectivity index is 1.68. The molecule has 0 bridgehead atoms. The van der Waals surface area contributed by atoms with E-state index in [0.717, 1.165) is 52.5 Å². The lowest BCUT2D eigenvalue weighted by molar-refractivity contribution is 0.0951. The minimum Gasteiger partial charge on any atom is -0.481 e. The monoisotopic (exact) mass is 333 g/mol. The van der Waals surface area contributed by atoms with Crippen molar-refractivity contribution in [3.05, 3.63) is 65.0 Å². The summed E-state index contributed by atoms with van der Waals surface area (Å²) in [4.78, 5) is 21.9. The zero-order valence-electron chi connectivity index (χ0n) is 14.1. The van der Waals surface area contributed by atoms with E-state index in [1.807, 2.05) is 36.4 Å². The van der Waals surface area contributed by atoms with E-state index < -0.39 is 0 Å². The molecule has 1 aromatic carbocycles. The number of carbonyl (C=O) groups is 1. The number of hydrogen-bond donors (Lipinski definition) is 1. The van der Waals surface area contributed by atoms with E-state index in [9.17, 15) is 4.79 Å². The number of amides is 1. The molecule has 1 aliphatic carbocycles. The van der Waals surface area contributed by atoms with Gasteiger partial charge in [-0.25, -0.2) is 4.98 Å². The third-order valence-electron chi connectivity index (χ3n) is 4.63. The first-order valence-electron chi connectivity index (χ1n) is 8.44. The van der Waals surface area contributed by atoms with E-state index in [0.29, 0.717) is 12.4 Å². The number of aryl methyl sites for hydroxylation is 1. The number of fused-ring (bicyclic) bond motifs is 2. The maximum atomic E-state index is 13.0. The summed E-state index contributed by atoms with van der Waals surface area (Å²) in [6.07, 6.45) is 4.58. The lowest BCUT2D eigenvalue weighted by Gasteiger charge is -2.13. The number of para-hydroxylation sites is 1. The molecule has 1 amide bonds. The van der Waals surface area contributed by atoms with Crippen LogP contribution in [0.1, 0.15) is 33.6 Å². The molecule has 0 radical (unpaired) electrons. The maximum Gasteiger partial charge on any atom is 0.252 e. The number of benzene rings is 1. The second-order valence-corrected chi connectivity index (χ2v) is 6.14. The molecule has 5 heteroatoms. The van der Waals surface area contributed by atoms with Crippen molar-refractivity contribution < 1.29 is 9.53 Å². The summed E-state index contributed by atoms with van der Waals surface area (Å²) >= 11 is 0. The summed E-state index contributed by atoms with van der Waals surface area (Å²) in [6, 6.07) is 11.6. The summed E-state index contributed by atoms with van der Waals surface area (Å²) in [6.45, 7) is 0.376. The van der Waals surface area contributed by atoms with Gasteiger partial charge in [0, 0.05) is 29.4 Å². The van der Waals surface area contributed by atoms with E-state index >= 15 is 0 Å². The number of nitrogens with one attached hydrogen (secondary N) is 1. The molecule has 2 aromatic heterocycles. The van der Waals surface area contributed by atoms with Crippen LogP contribution in [0.5, 0.6) is 5.88 Å². The van der Waals surface area contributed by atoms with Gasteiger partial charge in [-0.15, -0.1) is 0 Å². The van der Waals surface area contributed by atoms with Crippen molar-refractivity contribution in [3.8, 4) is 5.88 Å². The van der Waals surface area contributed by atoms with Gasteiger partial charge in [0.2, 0.25) is 5.88 Å². The molecule has 2 heterocycles. The molecule has 0 unspecified atom stereocenters. The highest BCUT2D eigenvalue weighted by Gasteiger charge is 2.23. The van der Waals surface area contributed by atoms with Crippen molar-refractivity contribution in [1.82, 2.24) is 15.3 Å². The molecule has 1 N–H and O–H groups in total. The number of hydrogen-bond acceptors (Lipinski definition) is 4. The number of carbonyl (C=O) groups excluding carboxylic acids is 1. The quantitative estimate of drug-likeness (QED) is 0.797. The lowest BCUT2D eigenvalue weighted by Crippen LogP contribution is -2.25. The largest absolute Gasteiger partial charge is 0.481 e. The van der Waals surface area contributed by atoms with Gasteiger partial charge in [0.05, 0.1) is 18.2 Å². The molecule has 0 atom stereocenters. The summed E-state index contributed by atoms with van der Waals surface area (Å²) in [5.41, 5.74) is 4.65. The zero-order valence-corrected chi connectivity index (χ0v) is 14.1. The molecule has 126 valence electrons. The van der Waals surface area contributed by atoms with Crippen LogP contribution in [-0.2, 0) is 19.4 Å². The molecule has 3 aromatic rings. The molecule has 0 fully saturated rings. The second kappa shape index (κ2) is 6.51. The summed E-state index contributed by atoms with van der Waals surface area (Å²) in [5.74, 6) is 0.468. The fraction of sp³-hybridized carbons (Fsp3) is 0.250. The highest BCUT2D eigenvalue weighted by molar-refractivity contribution is 6.07. The van der Waals surface area contributed by atoms with Gasteiger partial charge in [0.15, 0.2) is 0 Å². The summed E-state index contributed by atoms with van der Waals surface area (Å²) < 4.78 is 5.26. The molecule has 4 rings (SSSR count). The number of rotatable bonds is 4. The minimum atomic E-state index is -0.0670. The van der Waals surface area contributed by atoms with Gasteiger partial charge in [0.25, 0.3) is 5.91 Å². The topological polar surface area (TPSA) is 64.1 Å². The van der Waals surface area contributed by atoms with Crippen molar-refractivity contribution in [2.75, 3.05) is 7.11 Å². The maximum absolute atomic E-state index is 13.0. The van der Waals surface area contributed by atoms with Crippen molar-refractivity contribution in [1.29, 1.82) is 0 Å². The predicted molar refractivity (Wildman–Crippen MR) is 95.7 cm³/mol. The molecule has 5 nitrogen and oxygen atoms in total. The SMILES string of the molecule is COc1ncccc1CNC(=O)c1c2c(nc3ccccc13)CCC2. The van der Waals surface area contributed by atoms with Crippen LogP contribution in [0.2, 0.25) is 0 Å². The van der Waals surface area contributed by atoms with Crippen molar-refractivity contribution in [2.24, 2.45) is 0 Å². The van der Waals surface area contributed by atoms with Gasteiger partial charge in [-0.1, -0.05) is 24.3 Å². The first kappa shape index (κ1) is 15.6. The molecule has 0 saturated carbocycles. The highest BCUT2D eigenvalue weighted by atomic mass is 16.5. The third-order valence-corrected chi connectivity index (χ3v) is 4.63. The van der Waals surface area contributed by atoms with E-state index in [2.05, 4.69) is 10.3 Å². The molecule has 0 spiro atoms. The van der Waals surface area contributed by atoms with Gasteiger partial charge in [-0.05, 0) is 37.0 Å². The Morgan fingerprint density at radius 2 is 2.08 bits per heavy atom. The predicted octanol–water partition coefficient (Wildman–Crippen LogP) is 3.06. The van der Waals surface area contributed by atoms with Gasteiger partial charge >= 0.3 is 0 Å². The molecule has 1 aliphatic rings. The van der Waals surface area contributed by atoms with Crippen molar-refractivity contribution in [2.45, 2.75) is 25.8 Å². The number of ether oxygens (including phenoxy) is 1. The van der Waals surface area contributed by atoms with E-state index in [1.54, 1.807) is 13.3 Å².